The first-order chi connectivity index (χ1) is 3.73. The summed E-state index contributed by atoms with van der Waals surface area (Å²) in [5.74, 6) is 0. The van der Waals surface area contributed by atoms with Gasteiger partial charge in [0.2, 0.25) is 0 Å². The first-order valence-electron chi connectivity index (χ1n) is 1.23. The van der Waals surface area contributed by atoms with Crippen LogP contribution in [0.4, 0.5) is 0 Å². The Morgan fingerprint density at radius 2 is 1.18 bits per heavy atom. The van der Waals surface area contributed by atoms with Gasteiger partial charge in [0.25, 0.3) is 20.4 Å². The minimum absolute atomic E-state index is 0. The van der Waals surface area contributed by atoms with E-state index >= 15 is 0 Å². The Morgan fingerprint density at radius 3 is 1.18 bits per heavy atom. The van der Waals surface area contributed by atoms with Gasteiger partial charge in [-0.05, 0) is 0 Å². The van der Waals surface area contributed by atoms with Crippen LogP contribution in [-0.4, -0.2) is 26.6 Å². The van der Waals surface area contributed by atoms with Gasteiger partial charge < -0.3 is 12.3 Å². The Bertz CT molecular complexity index is 158. The molecule has 0 aromatic rings. The largest absolute Gasteiger partial charge is 0.344 e. The summed E-state index contributed by atoms with van der Waals surface area (Å²) in [7, 11) is -3.83. The maximum atomic E-state index is 9.11. The van der Waals surface area contributed by atoms with Crippen molar-refractivity contribution < 1.29 is 26.6 Å². The first-order valence-corrected chi connectivity index (χ1v) is 4.69. The highest BCUT2D eigenvalue weighted by Crippen LogP contribution is 1.62. The van der Waals surface area contributed by atoms with Crippen LogP contribution in [0.15, 0.2) is 0 Å². The van der Waals surface area contributed by atoms with E-state index in [-0.39, 0.29) is 12.3 Å². The Morgan fingerprint density at radius 1 is 1.18 bits per heavy atom. The third-order valence-electron chi connectivity index (χ3n) is 0. The summed E-state index contributed by atoms with van der Waals surface area (Å²) in [4.78, 5) is 0. The van der Waals surface area contributed by atoms with Crippen molar-refractivity contribution in [2.75, 3.05) is 0 Å². The van der Waals surface area contributed by atoms with E-state index in [1.165, 1.54) is 0 Å². The first kappa shape index (κ1) is 22.5. The molecule has 0 saturated carbocycles. The maximum absolute atomic E-state index is 9.11. The van der Waals surface area contributed by atoms with E-state index in [0.29, 0.717) is 0 Å². The zero-order valence-electron chi connectivity index (χ0n) is 5.24. The standard InChI is InChI=1S/2H3N.H2O3S2.H2O3S/c;;1-5(2,3)4;1-4(2)3/h2*1H3;(H2,1,2,3,4);(H2,1,2,3). The molecule has 0 rings (SSSR count). The molecule has 0 unspecified atom stereocenters. The average molecular weight is 230 g/mol. The van der Waals surface area contributed by atoms with Crippen molar-refractivity contribution in [2.45, 2.75) is 0 Å². The van der Waals surface area contributed by atoms with Gasteiger partial charge in [-0.3, -0.25) is 18.2 Å². The Labute approximate surface area is 71.0 Å². The molecule has 0 amide bonds. The van der Waals surface area contributed by atoms with Gasteiger partial charge in [-0.15, -0.1) is 0 Å². The van der Waals surface area contributed by atoms with Gasteiger partial charge in [-0.1, -0.05) is 0 Å². The SMILES string of the molecule is N.N.O=S(O)(O)=S.O=S(O)O. The molecular formula is H10N2O6S3. The molecule has 0 aliphatic heterocycles. The zero-order valence-corrected chi connectivity index (χ0v) is 7.69. The van der Waals surface area contributed by atoms with Crippen molar-refractivity contribution in [3.8, 4) is 0 Å². The fourth-order valence-corrected chi connectivity index (χ4v) is 0. The van der Waals surface area contributed by atoms with Gasteiger partial charge >= 0.3 is 0 Å². The van der Waals surface area contributed by atoms with Crippen LogP contribution >= 0.6 is 0 Å². The quantitative estimate of drug-likeness (QED) is 0.303. The van der Waals surface area contributed by atoms with Crippen LogP contribution in [0.3, 0.4) is 0 Å². The van der Waals surface area contributed by atoms with Crippen LogP contribution < -0.4 is 12.3 Å². The van der Waals surface area contributed by atoms with Crippen LogP contribution in [-0.2, 0) is 31.6 Å². The molecule has 0 aromatic heterocycles. The van der Waals surface area contributed by atoms with Gasteiger partial charge in [-0.2, -0.15) is 8.42 Å². The van der Waals surface area contributed by atoms with Crippen LogP contribution in [0.1, 0.15) is 0 Å². The van der Waals surface area contributed by atoms with Gasteiger partial charge in [0.15, 0.2) is 0 Å². The van der Waals surface area contributed by atoms with Gasteiger partial charge in [0, 0.05) is 11.2 Å². The highest BCUT2D eigenvalue weighted by atomic mass is 32.9. The molecule has 0 saturated heterocycles. The summed E-state index contributed by atoms with van der Waals surface area (Å²) >= 11 is 0.854. The molecule has 0 bridgehead atoms. The fourth-order valence-electron chi connectivity index (χ4n) is 0. The normalized spacial score (nSPS) is 8.45. The lowest BCUT2D eigenvalue weighted by Crippen LogP contribution is -1.86. The summed E-state index contributed by atoms with van der Waals surface area (Å²) in [5.41, 5.74) is 0. The highest BCUT2D eigenvalue weighted by Gasteiger charge is 1.78. The lowest BCUT2D eigenvalue weighted by Gasteiger charge is -1.73. The van der Waals surface area contributed by atoms with Crippen molar-refractivity contribution in [1.82, 2.24) is 12.3 Å². The minimum Gasteiger partial charge on any atom is -0.344 e. The van der Waals surface area contributed by atoms with Crippen LogP contribution in [0.25, 0.3) is 0 Å². The van der Waals surface area contributed by atoms with Crippen molar-refractivity contribution in [1.29, 1.82) is 0 Å². The molecule has 0 aromatic carbocycles. The molecule has 10 N–H and O–H groups in total. The van der Waals surface area contributed by atoms with E-state index in [2.05, 4.69) is 11.2 Å². The second-order valence-corrected chi connectivity index (χ2v) is 3.34. The molecule has 0 aliphatic carbocycles. The smallest absolute Gasteiger partial charge is 0.299 e. The monoisotopic (exact) mass is 230 g/mol. The minimum atomic E-state index is -3.83. The molecule has 0 atom stereocenters. The molecule has 8 nitrogen and oxygen atoms in total. The van der Waals surface area contributed by atoms with Crippen LogP contribution in [0.5, 0.6) is 0 Å². The van der Waals surface area contributed by atoms with E-state index in [9.17, 15) is 0 Å². The molecule has 11 heteroatoms. The summed E-state index contributed by atoms with van der Waals surface area (Å²) in [5, 5.41) is 0. The van der Waals surface area contributed by atoms with Crippen molar-refractivity contribution in [3.63, 3.8) is 0 Å². The second kappa shape index (κ2) is 10.3. The van der Waals surface area contributed by atoms with E-state index in [4.69, 9.17) is 26.6 Å². The van der Waals surface area contributed by atoms with Crippen molar-refractivity contribution in [2.24, 2.45) is 0 Å². The Balaban J connectivity index is -0.0000000383. The molecule has 0 spiro atoms. The number of hydrogen-bond donors (Lipinski definition) is 6. The fraction of sp³-hybridized carbons (Fsp3) is 0. The van der Waals surface area contributed by atoms with Gasteiger partial charge in [-0.25, -0.2) is 0 Å². The highest BCUT2D eigenvalue weighted by molar-refractivity contribution is 8.26. The molecule has 0 aliphatic rings. The van der Waals surface area contributed by atoms with E-state index in [1.807, 2.05) is 0 Å². The summed E-state index contributed by atoms with van der Waals surface area (Å²) in [6, 6.07) is 0. The number of hydrogen-bond acceptors (Lipinski definition) is 5. The number of rotatable bonds is 0. The molecule has 0 heterocycles. The predicted molar refractivity (Wildman–Crippen MR) is 44.2 cm³/mol. The molecule has 74 valence electrons. The summed E-state index contributed by atoms with van der Waals surface area (Å²) < 4.78 is 46.8. The lowest BCUT2D eigenvalue weighted by molar-refractivity contribution is 0.449. The maximum Gasteiger partial charge on any atom is 0.299 e. The van der Waals surface area contributed by atoms with E-state index < -0.39 is 20.4 Å². The van der Waals surface area contributed by atoms with Crippen LogP contribution in [0.2, 0.25) is 0 Å². The molecule has 0 radical (unpaired) electrons. The third-order valence-corrected chi connectivity index (χ3v) is 0. The second-order valence-electron chi connectivity index (χ2n) is 0.679. The molecule has 11 heavy (non-hydrogen) atoms. The molecule has 0 fully saturated rings. The molecular weight excluding hydrogens is 220 g/mol. The average Bonchev–Trinajstić information content (AvgIpc) is 1.19. The zero-order chi connectivity index (χ0) is 8.08. The summed E-state index contributed by atoms with van der Waals surface area (Å²) in [6.45, 7) is 0. The van der Waals surface area contributed by atoms with E-state index in [1.54, 1.807) is 0 Å². The Kier molecular flexibility index (Phi) is 21.0. The van der Waals surface area contributed by atoms with E-state index in [0.717, 1.165) is 0 Å². The topological polar surface area (TPSA) is 185 Å². The lowest BCUT2D eigenvalue weighted by atomic mass is 14.0. The van der Waals surface area contributed by atoms with Crippen LogP contribution in [0, 0.1) is 0 Å². The Hall–Kier alpha value is 0.280. The van der Waals surface area contributed by atoms with Gasteiger partial charge in [0.1, 0.15) is 0 Å². The third kappa shape index (κ3) is 8990. The van der Waals surface area contributed by atoms with Crippen molar-refractivity contribution >= 4 is 31.6 Å². The predicted octanol–water partition coefficient (Wildman–Crippen LogP) is -0.316. The van der Waals surface area contributed by atoms with Gasteiger partial charge in [0.05, 0.1) is 0 Å². The van der Waals surface area contributed by atoms with Crippen molar-refractivity contribution in [3.05, 3.63) is 0 Å². The summed E-state index contributed by atoms with van der Waals surface area (Å²) in [6.07, 6.45) is 0.